The van der Waals surface area contributed by atoms with E-state index in [4.69, 9.17) is 4.74 Å². The van der Waals surface area contributed by atoms with Gasteiger partial charge in [-0.3, -0.25) is 0 Å². The minimum Gasteiger partial charge on any atom is -0.495 e. The summed E-state index contributed by atoms with van der Waals surface area (Å²) in [4.78, 5) is 0.147. The lowest BCUT2D eigenvalue weighted by molar-refractivity contribution is 0.397. The predicted octanol–water partition coefficient (Wildman–Crippen LogP) is 1.78. The summed E-state index contributed by atoms with van der Waals surface area (Å²) in [6.45, 7) is 8.26. The van der Waals surface area contributed by atoms with Gasteiger partial charge < -0.3 is 10.1 Å². The van der Waals surface area contributed by atoms with Gasteiger partial charge in [0.15, 0.2) is 0 Å². The van der Waals surface area contributed by atoms with Gasteiger partial charge in [0, 0.05) is 19.6 Å². The fourth-order valence-corrected chi connectivity index (χ4v) is 3.46. The molecule has 0 aliphatic rings. The molecule has 6 heteroatoms. The molecule has 21 heavy (non-hydrogen) atoms. The van der Waals surface area contributed by atoms with Crippen molar-refractivity contribution in [3.8, 4) is 5.75 Å². The molecule has 0 bridgehead atoms. The molecule has 0 radical (unpaired) electrons. The Morgan fingerprint density at radius 3 is 2.38 bits per heavy atom. The van der Waals surface area contributed by atoms with E-state index >= 15 is 0 Å². The molecule has 0 fully saturated rings. The molecule has 1 aromatic rings. The van der Waals surface area contributed by atoms with Crippen molar-refractivity contribution in [2.75, 3.05) is 27.2 Å². The van der Waals surface area contributed by atoms with Crippen LogP contribution in [0.3, 0.4) is 0 Å². The molecule has 0 saturated heterocycles. The standard InChI is InChI=1S/C15H22N2O3S/c1-5-9-17(10-6-2)21(18,19)15-8-7-13(12-16-3)11-14(15)20-4/h5-8,11,16H,1-2,9-10,12H2,3-4H3. The molecule has 0 atom stereocenters. The first-order valence-corrected chi connectivity index (χ1v) is 7.98. The smallest absolute Gasteiger partial charge is 0.247 e. The zero-order valence-corrected chi connectivity index (χ0v) is 13.3. The molecular formula is C15H22N2O3S. The Bertz CT molecular complexity index is 587. The SMILES string of the molecule is C=CCN(CC=C)S(=O)(=O)c1ccc(CNC)cc1OC. The molecule has 0 unspecified atom stereocenters. The third-order valence-corrected chi connectivity index (χ3v) is 4.76. The van der Waals surface area contributed by atoms with Crippen molar-refractivity contribution >= 4 is 10.0 Å². The summed E-state index contributed by atoms with van der Waals surface area (Å²) in [6, 6.07) is 5.06. The van der Waals surface area contributed by atoms with Crippen LogP contribution in [0.15, 0.2) is 48.4 Å². The molecule has 0 spiro atoms. The molecule has 5 nitrogen and oxygen atoms in total. The number of hydrogen-bond donors (Lipinski definition) is 1. The predicted molar refractivity (Wildman–Crippen MR) is 84.9 cm³/mol. The van der Waals surface area contributed by atoms with Gasteiger partial charge in [-0.05, 0) is 24.7 Å². The van der Waals surface area contributed by atoms with Crippen LogP contribution >= 0.6 is 0 Å². The first-order valence-electron chi connectivity index (χ1n) is 6.54. The summed E-state index contributed by atoms with van der Waals surface area (Å²) in [5.41, 5.74) is 0.951. The van der Waals surface area contributed by atoms with Crippen molar-refractivity contribution in [3.63, 3.8) is 0 Å². The highest BCUT2D eigenvalue weighted by molar-refractivity contribution is 7.89. The van der Waals surface area contributed by atoms with Crippen LogP contribution in [0.2, 0.25) is 0 Å². The average molecular weight is 310 g/mol. The molecule has 0 amide bonds. The Morgan fingerprint density at radius 2 is 1.90 bits per heavy atom. The Kier molecular flexibility index (Phi) is 6.61. The molecule has 0 saturated carbocycles. The maximum Gasteiger partial charge on any atom is 0.247 e. The molecule has 0 heterocycles. The second-order valence-electron chi connectivity index (χ2n) is 4.41. The second kappa shape index (κ2) is 7.97. The van der Waals surface area contributed by atoms with Gasteiger partial charge in [0.1, 0.15) is 10.6 Å². The van der Waals surface area contributed by atoms with Crippen LogP contribution in [-0.4, -0.2) is 40.0 Å². The first kappa shape index (κ1) is 17.4. The van der Waals surface area contributed by atoms with Crippen LogP contribution in [0, 0.1) is 0 Å². The van der Waals surface area contributed by atoms with Crippen molar-refractivity contribution in [1.82, 2.24) is 9.62 Å². The maximum atomic E-state index is 12.7. The second-order valence-corrected chi connectivity index (χ2v) is 6.32. The number of nitrogens with one attached hydrogen (secondary N) is 1. The van der Waals surface area contributed by atoms with E-state index in [-0.39, 0.29) is 18.0 Å². The van der Waals surface area contributed by atoms with E-state index in [1.807, 2.05) is 7.05 Å². The number of ether oxygens (including phenoxy) is 1. The molecule has 116 valence electrons. The third kappa shape index (κ3) is 4.17. The highest BCUT2D eigenvalue weighted by Gasteiger charge is 2.26. The van der Waals surface area contributed by atoms with Gasteiger partial charge in [0.25, 0.3) is 0 Å². The fraction of sp³-hybridized carbons (Fsp3) is 0.333. The lowest BCUT2D eigenvalue weighted by Gasteiger charge is -2.20. The van der Waals surface area contributed by atoms with E-state index in [0.29, 0.717) is 12.3 Å². The van der Waals surface area contributed by atoms with Crippen LogP contribution in [-0.2, 0) is 16.6 Å². The molecule has 1 aromatic carbocycles. The number of hydrogen-bond acceptors (Lipinski definition) is 4. The summed E-state index contributed by atoms with van der Waals surface area (Å²) in [5.74, 6) is 0.334. The van der Waals surface area contributed by atoms with Crippen molar-refractivity contribution in [3.05, 3.63) is 49.1 Å². The monoisotopic (exact) mass is 310 g/mol. The topological polar surface area (TPSA) is 58.6 Å². The van der Waals surface area contributed by atoms with Crippen LogP contribution in [0.4, 0.5) is 0 Å². The van der Waals surface area contributed by atoms with Crippen molar-refractivity contribution in [2.24, 2.45) is 0 Å². The Labute approximate surface area is 127 Å². The number of methoxy groups -OCH3 is 1. The quantitative estimate of drug-likeness (QED) is 0.706. The van der Waals surface area contributed by atoms with Gasteiger partial charge in [-0.15, -0.1) is 13.2 Å². The molecule has 1 N–H and O–H groups in total. The van der Waals surface area contributed by atoms with Gasteiger partial charge >= 0.3 is 0 Å². The third-order valence-electron chi connectivity index (χ3n) is 2.89. The minimum absolute atomic E-state index is 0.147. The first-order chi connectivity index (χ1) is 10.0. The van der Waals surface area contributed by atoms with Crippen LogP contribution < -0.4 is 10.1 Å². The Morgan fingerprint density at radius 1 is 1.29 bits per heavy atom. The van der Waals surface area contributed by atoms with Crippen molar-refractivity contribution in [2.45, 2.75) is 11.4 Å². The van der Waals surface area contributed by atoms with Crippen LogP contribution in [0.1, 0.15) is 5.56 Å². The van der Waals surface area contributed by atoms with Gasteiger partial charge in [-0.2, -0.15) is 4.31 Å². The van der Waals surface area contributed by atoms with E-state index in [2.05, 4.69) is 18.5 Å². The van der Waals surface area contributed by atoms with E-state index in [0.717, 1.165) is 5.56 Å². The van der Waals surface area contributed by atoms with E-state index in [1.54, 1.807) is 30.4 Å². The summed E-state index contributed by atoms with van der Waals surface area (Å²) >= 11 is 0. The van der Waals surface area contributed by atoms with Gasteiger partial charge in [0.05, 0.1) is 7.11 Å². The average Bonchev–Trinajstić information content (AvgIpc) is 2.47. The summed E-state index contributed by atoms with van der Waals surface area (Å²) in [6.07, 6.45) is 3.09. The fourth-order valence-electron chi connectivity index (χ4n) is 1.94. The molecule has 0 aliphatic heterocycles. The van der Waals surface area contributed by atoms with E-state index < -0.39 is 10.0 Å². The summed E-state index contributed by atoms with van der Waals surface area (Å²) in [5, 5.41) is 3.01. The Balaban J connectivity index is 3.28. The molecule has 0 aromatic heterocycles. The van der Waals surface area contributed by atoms with Crippen molar-refractivity contribution in [1.29, 1.82) is 0 Å². The van der Waals surface area contributed by atoms with Crippen molar-refractivity contribution < 1.29 is 13.2 Å². The minimum atomic E-state index is -3.65. The largest absolute Gasteiger partial charge is 0.495 e. The van der Waals surface area contributed by atoms with Gasteiger partial charge in [-0.25, -0.2) is 8.42 Å². The highest BCUT2D eigenvalue weighted by Crippen LogP contribution is 2.28. The number of benzene rings is 1. The number of sulfonamides is 1. The molecule has 1 rings (SSSR count). The summed E-state index contributed by atoms with van der Waals surface area (Å²) in [7, 11) is -0.367. The number of rotatable bonds is 9. The van der Waals surface area contributed by atoms with Crippen LogP contribution in [0.25, 0.3) is 0 Å². The maximum absolute atomic E-state index is 12.7. The Hall–Kier alpha value is -1.63. The normalized spacial score (nSPS) is 11.4. The van der Waals surface area contributed by atoms with Gasteiger partial charge in [0.2, 0.25) is 10.0 Å². The van der Waals surface area contributed by atoms with Crippen LogP contribution in [0.5, 0.6) is 5.75 Å². The number of nitrogens with zero attached hydrogens (tertiary/aromatic N) is 1. The molecule has 0 aliphatic carbocycles. The zero-order chi connectivity index (χ0) is 15.9. The van der Waals surface area contributed by atoms with Gasteiger partial charge in [-0.1, -0.05) is 18.2 Å². The lowest BCUT2D eigenvalue weighted by Crippen LogP contribution is -2.31. The summed E-state index contributed by atoms with van der Waals surface area (Å²) < 4.78 is 31.9. The lowest BCUT2D eigenvalue weighted by atomic mass is 10.2. The van der Waals surface area contributed by atoms with E-state index in [9.17, 15) is 8.42 Å². The molecular weight excluding hydrogens is 288 g/mol. The zero-order valence-electron chi connectivity index (χ0n) is 12.5. The van der Waals surface area contributed by atoms with E-state index in [1.165, 1.54) is 11.4 Å². The highest BCUT2D eigenvalue weighted by atomic mass is 32.2.